The van der Waals surface area contributed by atoms with Crippen LogP contribution in [0.25, 0.3) is 0 Å². The molecule has 1 aromatic carbocycles. The molecule has 1 aromatic heterocycles. The Morgan fingerprint density at radius 1 is 1.14 bits per heavy atom. The van der Waals surface area contributed by atoms with Gasteiger partial charge in [0, 0.05) is 19.3 Å². The van der Waals surface area contributed by atoms with Crippen LogP contribution in [-0.2, 0) is 19.6 Å². The van der Waals surface area contributed by atoms with Gasteiger partial charge in [0.1, 0.15) is 12.3 Å². The van der Waals surface area contributed by atoms with Crippen molar-refractivity contribution >= 4 is 0 Å². The maximum atomic E-state index is 12.4. The molecule has 0 aliphatic carbocycles. The van der Waals surface area contributed by atoms with E-state index in [0.29, 0.717) is 25.4 Å². The van der Waals surface area contributed by atoms with E-state index in [1.807, 2.05) is 31.2 Å². The summed E-state index contributed by atoms with van der Waals surface area (Å²) in [6.07, 6.45) is -2.89. The van der Waals surface area contributed by atoms with Crippen LogP contribution in [0.3, 0.4) is 0 Å². The van der Waals surface area contributed by atoms with E-state index < -0.39 is 12.7 Å². The van der Waals surface area contributed by atoms with E-state index in [9.17, 15) is 13.2 Å². The lowest BCUT2D eigenvalue weighted by Gasteiger charge is -2.11. The maximum Gasteiger partial charge on any atom is 0.408 e. The Bertz CT molecular complexity index is 578. The van der Waals surface area contributed by atoms with Crippen molar-refractivity contribution < 1.29 is 17.9 Å². The lowest BCUT2D eigenvalue weighted by atomic mass is 10.2. The summed E-state index contributed by atoms with van der Waals surface area (Å²) in [4.78, 5) is 0. The first kappa shape index (κ1) is 16.4. The zero-order valence-electron chi connectivity index (χ0n) is 12.2. The standard InChI is InChI=1S/C15H18F3N3O/c1-2-22-14-5-3-12(4-6-14)9-19-10-13-7-8-20-21(13)11-15(16,17)18/h3-8,19H,2,9-11H2,1H3. The van der Waals surface area contributed by atoms with Crippen molar-refractivity contribution in [3.8, 4) is 5.75 Å². The zero-order chi connectivity index (χ0) is 16.0. The fourth-order valence-corrected chi connectivity index (χ4v) is 2.03. The molecule has 0 bridgehead atoms. The summed E-state index contributed by atoms with van der Waals surface area (Å²) in [6, 6.07) is 9.16. The number of nitrogens with one attached hydrogen (secondary N) is 1. The molecule has 0 fully saturated rings. The lowest BCUT2D eigenvalue weighted by Crippen LogP contribution is -2.23. The van der Waals surface area contributed by atoms with Crippen LogP contribution in [0.2, 0.25) is 0 Å². The minimum absolute atomic E-state index is 0.323. The average Bonchev–Trinajstić information content (AvgIpc) is 2.86. The zero-order valence-corrected chi connectivity index (χ0v) is 12.2. The summed E-state index contributed by atoms with van der Waals surface area (Å²) < 4.78 is 43.5. The second kappa shape index (κ2) is 7.31. The van der Waals surface area contributed by atoms with Gasteiger partial charge in [-0.15, -0.1) is 0 Å². The number of benzene rings is 1. The van der Waals surface area contributed by atoms with Crippen LogP contribution in [0.15, 0.2) is 36.5 Å². The maximum absolute atomic E-state index is 12.4. The normalized spacial score (nSPS) is 11.6. The van der Waals surface area contributed by atoms with Gasteiger partial charge in [-0.05, 0) is 30.7 Å². The van der Waals surface area contributed by atoms with Crippen LogP contribution in [0.1, 0.15) is 18.2 Å². The van der Waals surface area contributed by atoms with Crippen molar-refractivity contribution in [2.24, 2.45) is 0 Å². The molecule has 0 aliphatic heterocycles. The van der Waals surface area contributed by atoms with Crippen molar-refractivity contribution in [2.75, 3.05) is 6.61 Å². The van der Waals surface area contributed by atoms with E-state index in [1.165, 1.54) is 6.20 Å². The fourth-order valence-electron chi connectivity index (χ4n) is 2.03. The summed E-state index contributed by atoms with van der Waals surface area (Å²) in [5.74, 6) is 0.800. The molecule has 0 amide bonds. The number of hydrogen-bond acceptors (Lipinski definition) is 3. The molecule has 0 saturated heterocycles. The van der Waals surface area contributed by atoms with Gasteiger partial charge in [-0.25, -0.2) is 0 Å². The highest BCUT2D eigenvalue weighted by Gasteiger charge is 2.29. The van der Waals surface area contributed by atoms with E-state index in [2.05, 4.69) is 10.4 Å². The second-order valence-corrected chi connectivity index (χ2v) is 4.78. The van der Waals surface area contributed by atoms with Gasteiger partial charge in [0.15, 0.2) is 0 Å². The van der Waals surface area contributed by atoms with Crippen LogP contribution in [-0.4, -0.2) is 22.6 Å². The molecule has 4 nitrogen and oxygen atoms in total. The van der Waals surface area contributed by atoms with Gasteiger partial charge in [0.25, 0.3) is 0 Å². The second-order valence-electron chi connectivity index (χ2n) is 4.78. The van der Waals surface area contributed by atoms with Crippen molar-refractivity contribution in [1.29, 1.82) is 0 Å². The quantitative estimate of drug-likeness (QED) is 0.853. The van der Waals surface area contributed by atoms with Crippen LogP contribution < -0.4 is 10.1 Å². The predicted octanol–water partition coefficient (Wildman–Crippen LogP) is 3.13. The lowest BCUT2D eigenvalue weighted by molar-refractivity contribution is -0.143. The van der Waals surface area contributed by atoms with Crippen molar-refractivity contribution in [1.82, 2.24) is 15.1 Å². The van der Waals surface area contributed by atoms with Gasteiger partial charge >= 0.3 is 6.18 Å². The molecule has 0 unspecified atom stereocenters. The first-order valence-electron chi connectivity index (χ1n) is 6.98. The number of ether oxygens (including phenoxy) is 1. The van der Waals surface area contributed by atoms with E-state index in [0.717, 1.165) is 16.0 Å². The number of nitrogens with zero attached hydrogens (tertiary/aromatic N) is 2. The van der Waals surface area contributed by atoms with Gasteiger partial charge < -0.3 is 10.1 Å². The van der Waals surface area contributed by atoms with Crippen LogP contribution in [0, 0.1) is 0 Å². The van der Waals surface area contributed by atoms with Crippen molar-refractivity contribution in [3.05, 3.63) is 47.8 Å². The third-order valence-corrected chi connectivity index (χ3v) is 3.00. The largest absolute Gasteiger partial charge is 0.494 e. The Hall–Kier alpha value is -2.02. The molecule has 2 rings (SSSR count). The highest BCUT2D eigenvalue weighted by atomic mass is 19.4. The number of halogens is 3. The smallest absolute Gasteiger partial charge is 0.408 e. The average molecular weight is 313 g/mol. The molecule has 0 aliphatic rings. The van der Waals surface area contributed by atoms with E-state index in [1.54, 1.807) is 6.07 Å². The number of rotatable bonds is 7. The Kier molecular flexibility index (Phi) is 5.43. The fraction of sp³-hybridized carbons (Fsp3) is 0.400. The van der Waals surface area contributed by atoms with E-state index >= 15 is 0 Å². The van der Waals surface area contributed by atoms with Crippen LogP contribution in [0.5, 0.6) is 5.75 Å². The van der Waals surface area contributed by atoms with Gasteiger partial charge in [0.05, 0.1) is 12.3 Å². The van der Waals surface area contributed by atoms with Crippen LogP contribution in [0.4, 0.5) is 13.2 Å². The number of aromatic nitrogens is 2. The minimum Gasteiger partial charge on any atom is -0.494 e. The third-order valence-electron chi connectivity index (χ3n) is 3.00. The molecule has 1 N–H and O–H groups in total. The summed E-state index contributed by atoms with van der Waals surface area (Å²) in [6.45, 7) is 2.34. The van der Waals surface area contributed by atoms with Gasteiger partial charge in [-0.3, -0.25) is 4.68 Å². The summed E-state index contributed by atoms with van der Waals surface area (Å²) in [5, 5.41) is 6.81. The van der Waals surface area contributed by atoms with Crippen molar-refractivity contribution in [3.63, 3.8) is 0 Å². The molecule has 7 heteroatoms. The van der Waals surface area contributed by atoms with E-state index in [4.69, 9.17) is 4.74 Å². The highest BCUT2D eigenvalue weighted by Crippen LogP contribution is 2.18. The predicted molar refractivity (Wildman–Crippen MR) is 76.4 cm³/mol. The molecule has 22 heavy (non-hydrogen) atoms. The Balaban J connectivity index is 1.85. The monoisotopic (exact) mass is 313 g/mol. The molecule has 120 valence electrons. The molecular formula is C15H18F3N3O. The molecule has 0 spiro atoms. The Morgan fingerprint density at radius 2 is 1.86 bits per heavy atom. The Labute approximate surface area is 126 Å². The number of hydrogen-bond donors (Lipinski definition) is 1. The van der Waals surface area contributed by atoms with Crippen molar-refractivity contribution in [2.45, 2.75) is 32.7 Å². The number of alkyl halides is 3. The minimum atomic E-state index is -4.27. The van der Waals surface area contributed by atoms with Gasteiger partial charge in [-0.1, -0.05) is 12.1 Å². The first-order valence-corrected chi connectivity index (χ1v) is 6.98. The van der Waals surface area contributed by atoms with E-state index in [-0.39, 0.29) is 0 Å². The molecule has 0 atom stereocenters. The van der Waals surface area contributed by atoms with Crippen LogP contribution >= 0.6 is 0 Å². The topological polar surface area (TPSA) is 39.1 Å². The molecular weight excluding hydrogens is 295 g/mol. The van der Waals surface area contributed by atoms with Gasteiger partial charge in [-0.2, -0.15) is 18.3 Å². The first-order chi connectivity index (χ1) is 10.5. The summed E-state index contributed by atoms with van der Waals surface area (Å²) in [7, 11) is 0. The van der Waals surface area contributed by atoms with Gasteiger partial charge in [0.2, 0.25) is 0 Å². The third kappa shape index (κ3) is 5.07. The highest BCUT2D eigenvalue weighted by molar-refractivity contribution is 5.27. The SMILES string of the molecule is CCOc1ccc(CNCc2ccnn2CC(F)(F)F)cc1. The molecule has 0 saturated carbocycles. The summed E-state index contributed by atoms with van der Waals surface area (Å²) >= 11 is 0. The molecule has 0 radical (unpaired) electrons. The summed E-state index contributed by atoms with van der Waals surface area (Å²) in [5.41, 5.74) is 1.54. The Morgan fingerprint density at radius 3 is 2.50 bits per heavy atom. The molecule has 2 aromatic rings. The molecule has 1 heterocycles.